The summed E-state index contributed by atoms with van der Waals surface area (Å²) < 4.78 is 5.40. The van der Waals surface area contributed by atoms with Gasteiger partial charge in [-0.3, -0.25) is 4.79 Å². The summed E-state index contributed by atoms with van der Waals surface area (Å²) in [6, 6.07) is 8.51. The lowest BCUT2D eigenvalue weighted by atomic mass is 9.79. The molecule has 5 nitrogen and oxygen atoms in total. The topological polar surface area (TPSA) is 67.6 Å². The molecule has 0 bridgehead atoms. The molecule has 1 unspecified atom stereocenters. The van der Waals surface area contributed by atoms with Crippen molar-refractivity contribution in [1.29, 1.82) is 0 Å². The third-order valence-electron chi connectivity index (χ3n) is 5.51. The van der Waals surface area contributed by atoms with Crippen LogP contribution in [0, 0.1) is 5.41 Å². The Morgan fingerprint density at radius 1 is 1.33 bits per heavy atom. The Balaban J connectivity index is 1.68. The van der Waals surface area contributed by atoms with E-state index < -0.39 is 5.41 Å². The number of carbonyl (C=O) groups excluding carboxylic acids is 1. The van der Waals surface area contributed by atoms with Gasteiger partial charge < -0.3 is 20.7 Å². The molecule has 2 heterocycles. The molecule has 5 heteroatoms. The van der Waals surface area contributed by atoms with Crippen molar-refractivity contribution in [3.8, 4) is 0 Å². The van der Waals surface area contributed by atoms with Crippen LogP contribution in [0.1, 0.15) is 44.2 Å². The molecule has 0 radical (unpaired) electrons. The number of benzene rings is 1. The lowest BCUT2D eigenvalue weighted by Gasteiger charge is -2.35. The minimum absolute atomic E-state index is 0.0219. The van der Waals surface area contributed by atoms with Gasteiger partial charge >= 0.3 is 0 Å². The van der Waals surface area contributed by atoms with E-state index in [1.807, 2.05) is 6.92 Å². The number of rotatable bonds is 5. The summed E-state index contributed by atoms with van der Waals surface area (Å²) in [6.07, 6.45) is 3.93. The summed E-state index contributed by atoms with van der Waals surface area (Å²) in [4.78, 5) is 15.2. The molecule has 24 heavy (non-hydrogen) atoms. The molecule has 1 atom stereocenters. The highest BCUT2D eigenvalue weighted by Gasteiger charge is 2.39. The fourth-order valence-corrected chi connectivity index (χ4v) is 3.69. The first-order valence-electron chi connectivity index (χ1n) is 9.08. The second-order valence-corrected chi connectivity index (χ2v) is 7.08. The Bertz CT molecular complexity index is 563. The average Bonchev–Trinajstić information content (AvgIpc) is 3.17. The molecule has 2 fully saturated rings. The van der Waals surface area contributed by atoms with Crippen molar-refractivity contribution in [2.24, 2.45) is 11.1 Å². The van der Waals surface area contributed by atoms with Crippen molar-refractivity contribution in [1.82, 2.24) is 5.32 Å². The fourth-order valence-electron chi connectivity index (χ4n) is 3.69. The van der Waals surface area contributed by atoms with Gasteiger partial charge in [0.25, 0.3) is 0 Å². The third kappa shape index (κ3) is 3.57. The van der Waals surface area contributed by atoms with Gasteiger partial charge in [0.05, 0.1) is 11.5 Å². The van der Waals surface area contributed by atoms with Crippen molar-refractivity contribution < 1.29 is 9.53 Å². The summed E-state index contributed by atoms with van der Waals surface area (Å²) in [5.41, 5.74) is 7.86. The number of amides is 1. The van der Waals surface area contributed by atoms with Crippen LogP contribution in [0.15, 0.2) is 24.3 Å². The van der Waals surface area contributed by atoms with Gasteiger partial charge in [-0.05, 0) is 50.3 Å². The van der Waals surface area contributed by atoms with Gasteiger partial charge in [0.15, 0.2) is 0 Å². The molecule has 0 saturated carbocycles. The van der Waals surface area contributed by atoms with Gasteiger partial charge in [-0.1, -0.05) is 12.1 Å². The first-order chi connectivity index (χ1) is 11.6. The maximum Gasteiger partial charge on any atom is 0.228 e. The van der Waals surface area contributed by atoms with E-state index in [1.165, 1.54) is 18.5 Å². The summed E-state index contributed by atoms with van der Waals surface area (Å²) >= 11 is 0. The highest BCUT2D eigenvalue weighted by atomic mass is 16.5. The summed E-state index contributed by atoms with van der Waals surface area (Å²) in [5.74, 6) is 0.0624. The number of hydrogen-bond donors (Lipinski definition) is 2. The predicted molar refractivity (Wildman–Crippen MR) is 96.0 cm³/mol. The Kier molecular flexibility index (Phi) is 5.41. The zero-order valence-corrected chi connectivity index (χ0v) is 14.6. The summed E-state index contributed by atoms with van der Waals surface area (Å²) in [7, 11) is 0. The van der Waals surface area contributed by atoms with E-state index in [1.54, 1.807) is 0 Å². The van der Waals surface area contributed by atoms with Gasteiger partial charge in [-0.2, -0.15) is 0 Å². The van der Waals surface area contributed by atoms with Gasteiger partial charge in [0.2, 0.25) is 5.91 Å². The molecule has 132 valence electrons. The zero-order chi connectivity index (χ0) is 17.0. The lowest BCUT2D eigenvalue weighted by Crippen LogP contribution is -2.49. The SMILES string of the molecule is CC(NC(=O)C1(CN)CCOCC1)c1cccc(N2CCCC2)c1. The Morgan fingerprint density at radius 3 is 2.71 bits per heavy atom. The van der Waals surface area contributed by atoms with Crippen LogP contribution in [-0.2, 0) is 9.53 Å². The molecular formula is C19H29N3O2. The third-order valence-corrected chi connectivity index (χ3v) is 5.51. The molecule has 0 spiro atoms. The van der Waals surface area contributed by atoms with E-state index in [4.69, 9.17) is 10.5 Å². The second kappa shape index (κ2) is 7.53. The highest BCUT2D eigenvalue weighted by Crippen LogP contribution is 2.31. The monoisotopic (exact) mass is 331 g/mol. The molecular weight excluding hydrogens is 302 g/mol. The van der Waals surface area contributed by atoms with E-state index in [0.717, 1.165) is 18.7 Å². The number of nitrogens with zero attached hydrogens (tertiary/aromatic N) is 1. The molecule has 0 aliphatic carbocycles. The molecule has 2 aliphatic heterocycles. The van der Waals surface area contributed by atoms with Crippen molar-refractivity contribution in [3.05, 3.63) is 29.8 Å². The van der Waals surface area contributed by atoms with Gasteiger partial charge in [0.1, 0.15) is 0 Å². The van der Waals surface area contributed by atoms with Crippen LogP contribution >= 0.6 is 0 Å². The molecule has 2 saturated heterocycles. The minimum Gasteiger partial charge on any atom is -0.381 e. The van der Waals surface area contributed by atoms with Gasteiger partial charge in [-0.25, -0.2) is 0 Å². The number of carbonyl (C=O) groups is 1. The average molecular weight is 331 g/mol. The lowest BCUT2D eigenvalue weighted by molar-refractivity contribution is -0.136. The van der Waals surface area contributed by atoms with E-state index in [9.17, 15) is 4.79 Å². The Hall–Kier alpha value is -1.59. The Labute approximate surface area is 144 Å². The zero-order valence-electron chi connectivity index (χ0n) is 14.6. The maximum atomic E-state index is 12.8. The summed E-state index contributed by atoms with van der Waals surface area (Å²) in [5, 5.41) is 3.18. The number of anilines is 1. The number of nitrogens with two attached hydrogens (primary N) is 1. The largest absolute Gasteiger partial charge is 0.381 e. The van der Waals surface area contributed by atoms with Crippen LogP contribution in [0.4, 0.5) is 5.69 Å². The van der Waals surface area contributed by atoms with Gasteiger partial charge in [0, 0.05) is 38.5 Å². The van der Waals surface area contributed by atoms with Crippen LogP contribution in [0.25, 0.3) is 0 Å². The maximum absolute atomic E-state index is 12.8. The fraction of sp³-hybridized carbons (Fsp3) is 0.632. The molecule has 2 aliphatic rings. The van der Waals surface area contributed by atoms with Crippen LogP contribution < -0.4 is 16.0 Å². The molecule has 1 aromatic carbocycles. The quantitative estimate of drug-likeness (QED) is 0.868. The normalized spacial score (nSPS) is 21.5. The number of nitrogens with one attached hydrogen (secondary N) is 1. The van der Waals surface area contributed by atoms with E-state index in [-0.39, 0.29) is 11.9 Å². The van der Waals surface area contributed by atoms with Crippen LogP contribution in [0.5, 0.6) is 0 Å². The van der Waals surface area contributed by atoms with Crippen molar-refractivity contribution >= 4 is 11.6 Å². The Morgan fingerprint density at radius 2 is 2.04 bits per heavy atom. The number of ether oxygens (including phenoxy) is 1. The first-order valence-corrected chi connectivity index (χ1v) is 9.08. The van der Waals surface area contributed by atoms with Crippen LogP contribution in [-0.4, -0.2) is 38.8 Å². The van der Waals surface area contributed by atoms with Crippen molar-refractivity contribution in [2.75, 3.05) is 37.7 Å². The van der Waals surface area contributed by atoms with E-state index in [0.29, 0.717) is 32.6 Å². The van der Waals surface area contributed by atoms with Gasteiger partial charge in [-0.15, -0.1) is 0 Å². The second-order valence-electron chi connectivity index (χ2n) is 7.08. The molecule has 3 rings (SSSR count). The van der Waals surface area contributed by atoms with E-state index >= 15 is 0 Å². The van der Waals surface area contributed by atoms with Crippen molar-refractivity contribution in [2.45, 2.75) is 38.6 Å². The van der Waals surface area contributed by atoms with Crippen molar-refractivity contribution in [3.63, 3.8) is 0 Å². The predicted octanol–water partition coefficient (Wildman–Crippen LogP) is 2.22. The summed E-state index contributed by atoms with van der Waals surface area (Å²) in [6.45, 7) is 5.90. The smallest absolute Gasteiger partial charge is 0.228 e. The molecule has 0 aromatic heterocycles. The van der Waals surface area contributed by atoms with E-state index in [2.05, 4.69) is 34.5 Å². The molecule has 1 amide bonds. The standard InChI is InChI=1S/C19H29N3O2/c1-15(21-18(23)19(14-20)7-11-24-12-8-19)16-5-4-6-17(13-16)22-9-2-3-10-22/h4-6,13,15H,2-3,7-12,14,20H2,1H3,(H,21,23). The van der Waals surface area contributed by atoms with Crippen LogP contribution in [0.3, 0.4) is 0 Å². The number of hydrogen-bond acceptors (Lipinski definition) is 4. The molecule has 1 aromatic rings. The minimum atomic E-state index is -0.473. The first kappa shape index (κ1) is 17.2. The molecule has 3 N–H and O–H groups in total. The highest BCUT2D eigenvalue weighted by molar-refractivity contribution is 5.83. The van der Waals surface area contributed by atoms with Crippen LogP contribution in [0.2, 0.25) is 0 Å².